The maximum atomic E-state index is 5.59. The predicted octanol–water partition coefficient (Wildman–Crippen LogP) is 1.76. The van der Waals surface area contributed by atoms with Gasteiger partial charge in [-0.25, -0.2) is 0 Å². The molecule has 0 aliphatic heterocycles. The predicted molar refractivity (Wildman–Crippen MR) is 64.6 cm³/mol. The zero-order chi connectivity index (χ0) is 11.4. The molecule has 1 aliphatic rings. The first-order valence-electron chi connectivity index (χ1n) is 5.85. The van der Waals surface area contributed by atoms with E-state index in [1.165, 1.54) is 6.42 Å². The molecule has 0 atom stereocenters. The van der Waals surface area contributed by atoms with Gasteiger partial charge >= 0.3 is 0 Å². The van der Waals surface area contributed by atoms with Crippen molar-refractivity contribution in [3.05, 3.63) is 10.0 Å². The van der Waals surface area contributed by atoms with E-state index < -0.39 is 0 Å². The molecule has 5 heteroatoms. The molecule has 2 rings (SSSR count). The molecule has 1 saturated carbocycles. The summed E-state index contributed by atoms with van der Waals surface area (Å²) in [7, 11) is 1.81. The van der Waals surface area contributed by atoms with Crippen molar-refractivity contribution in [1.29, 1.82) is 0 Å². The summed E-state index contributed by atoms with van der Waals surface area (Å²) in [5.74, 6) is 0. The number of nitrogens with one attached hydrogen (secondary N) is 1. The van der Waals surface area contributed by atoms with Gasteiger partial charge in [0.15, 0.2) is 0 Å². The van der Waals surface area contributed by atoms with Gasteiger partial charge in [-0.05, 0) is 25.8 Å². The van der Waals surface area contributed by atoms with Crippen LogP contribution in [-0.2, 0) is 17.7 Å². The van der Waals surface area contributed by atoms with Crippen molar-refractivity contribution in [3.8, 4) is 0 Å². The van der Waals surface area contributed by atoms with E-state index in [0.29, 0.717) is 0 Å². The van der Waals surface area contributed by atoms with Gasteiger partial charge in [0.25, 0.3) is 0 Å². The third-order valence-corrected chi connectivity index (χ3v) is 4.13. The third-order valence-electron chi connectivity index (χ3n) is 3.21. The number of hydrogen-bond donors (Lipinski definition) is 1. The summed E-state index contributed by atoms with van der Waals surface area (Å²) in [6.07, 6.45) is 4.52. The first-order chi connectivity index (χ1) is 7.78. The fraction of sp³-hybridized carbons (Fsp3) is 0.818. The normalized spacial score (nSPS) is 18.4. The number of methoxy groups -OCH3 is 1. The third kappa shape index (κ3) is 2.59. The zero-order valence-corrected chi connectivity index (χ0v) is 10.8. The minimum absolute atomic E-state index is 0.0645. The highest BCUT2D eigenvalue weighted by Gasteiger charge is 2.38. The van der Waals surface area contributed by atoms with Gasteiger partial charge in [-0.1, -0.05) is 6.92 Å². The van der Waals surface area contributed by atoms with E-state index in [1.54, 1.807) is 18.4 Å². The lowest BCUT2D eigenvalue weighted by Gasteiger charge is -2.39. The fourth-order valence-electron chi connectivity index (χ4n) is 1.96. The van der Waals surface area contributed by atoms with Crippen molar-refractivity contribution in [2.45, 2.75) is 44.8 Å². The lowest BCUT2D eigenvalue weighted by molar-refractivity contribution is -0.0709. The van der Waals surface area contributed by atoms with Crippen molar-refractivity contribution in [1.82, 2.24) is 15.5 Å². The van der Waals surface area contributed by atoms with Gasteiger partial charge in [-0.3, -0.25) is 0 Å². The highest BCUT2D eigenvalue weighted by atomic mass is 32.1. The smallest absolute Gasteiger partial charge is 0.131 e. The Morgan fingerprint density at radius 3 is 2.69 bits per heavy atom. The maximum Gasteiger partial charge on any atom is 0.131 e. The Kier molecular flexibility index (Phi) is 3.89. The Balaban J connectivity index is 1.91. The summed E-state index contributed by atoms with van der Waals surface area (Å²) in [5.41, 5.74) is 0.0645. The highest BCUT2D eigenvalue weighted by Crippen LogP contribution is 2.38. The van der Waals surface area contributed by atoms with Crippen LogP contribution in [0.15, 0.2) is 0 Å². The molecule has 0 radical (unpaired) electrons. The molecule has 1 aromatic heterocycles. The largest absolute Gasteiger partial charge is 0.378 e. The Morgan fingerprint density at radius 2 is 2.12 bits per heavy atom. The van der Waals surface area contributed by atoms with Crippen LogP contribution in [0.25, 0.3) is 0 Å². The molecule has 0 aromatic carbocycles. The highest BCUT2D eigenvalue weighted by molar-refractivity contribution is 7.11. The molecular formula is C11H19N3OS. The lowest BCUT2D eigenvalue weighted by atomic mass is 9.78. The standard InChI is InChI=1S/C11H19N3OS/c1-3-12-8-10-14-13-9(16-10)7-11(15-2)5-4-6-11/h12H,3-8H2,1-2H3. The molecule has 1 N–H and O–H groups in total. The molecule has 0 bridgehead atoms. The lowest BCUT2D eigenvalue weighted by Crippen LogP contribution is -2.41. The van der Waals surface area contributed by atoms with Gasteiger partial charge in [0.1, 0.15) is 10.0 Å². The minimum Gasteiger partial charge on any atom is -0.378 e. The maximum absolute atomic E-state index is 5.59. The van der Waals surface area contributed by atoms with Gasteiger partial charge in [-0.2, -0.15) is 0 Å². The summed E-state index contributed by atoms with van der Waals surface area (Å²) in [6.45, 7) is 3.89. The number of rotatable bonds is 6. The summed E-state index contributed by atoms with van der Waals surface area (Å²) < 4.78 is 5.59. The Hall–Kier alpha value is -0.520. The van der Waals surface area contributed by atoms with Crippen LogP contribution >= 0.6 is 11.3 Å². The van der Waals surface area contributed by atoms with Crippen LogP contribution in [0, 0.1) is 0 Å². The molecule has 90 valence electrons. The van der Waals surface area contributed by atoms with E-state index >= 15 is 0 Å². The molecule has 0 saturated heterocycles. The minimum atomic E-state index is 0.0645. The second-order valence-electron chi connectivity index (χ2n) is 4.29. The van der Waals surface area contributed by atoms with Crippen LogP contribution in [0.3, 0.4) is 0 Å². The van der Waals surface area contributed by atoms with Crippen LogP contribution in [-0.4, -0.2) is 29.5 Å². The van der Waals surface area contributed by atoms with Gasteiger partial charge in [-0.15, -0.1) is 21.5 Å². The van der Waals surface area contributed by atoms with Crippen molar-refractivity contribution < 1.29 is 4.74 Å². The van der Waals surface area contributed by atoms with Crippen LogP contribution in [0.5, 0.6) is 0 Å². The molecule has 16 heavy (non-hydrogen) atoms. The molecule has 0 spiro atoms. The average molecular weight is 241 g/mol. The van der Waals surface area contributed by atoms with Crippen LogP contribution in [0.4, 0.5) is 0 Å². The molecule has 4 nitrogen and oxygen atoms in total. The number of ether oxygens (including phenoxy) is 1. The summed E-state index contributed by atoms with van der Waals surface area (Å²) in [4.78, 5) is 0. The molecule has 1 aliphatic carbocycles. The molecule has 0 unspecified atom stereocenters. The Bertz CT molecular complexity index is 330. The second kappa shape index (κ2) is 5.21. The van der Waals surface area contributed by atoms with Gasteiger partial charge in [0.05, 0.1) is 5.60 Å². The van der Waals surface area contributed by atoms with E-state index in [2.05, 4.69) is 22.4 Å². The average Bonchev–Trinajstić information content (AvgIpc) is 2.68. The monoisotopic (exact) mass is 241 g/mol. The summed E-state index contributed by atoms with van der Waals surface area (Å²) >= 11 is 1.70. The molecule has 1 heterocycles. The molecule has 1 fully saturated rings. The van der Waals surface area contributed by atoms with Crippen molar-refractivity contribution in [2.75, 3.05) is 13.7 Å². The van der Waals surface area contributed by atoms with Crippen molar-refractivity contribution in [3.63, 3.8) is 0 Å². The Morgan fingerprint density at radius 1 is 1.38 bits per heavy atom. The number of hydrogen-bond acceptors (Lipinski definition) is 5. The first kappa shape index (κ1) is 12.0. The quantitative estimate of drug-likeness (QED) is 0.824. The topological polar surface area (TPSA) is 47.0 Å². The number of aromatic nitrogens is 2. The SMILES string of the molecule is CCNCc1nnc(CC2(OC)CCC2)s1. The summed E-state index contributed by atoms with van der Waals surface area (Å²) in [5, 5.41) is 13.9. The van der Waals surface area contributed by atoms with Crippen molar-refractivity contribution >= 4 is 11.3 Å². The van der Waals surface area contributed by atoms with E-state index in [0.717, 1.165) is 42.4 Å². The first-order valence-corrected chi connectivity index (χ1v) is 6.67. The molecular weight excluding hydrogens is 222 g/mol. The molecule has 1 aromatic rings. The van der Waals surface area contributed by atoms with Crippen molar-refractivity contribution in [2.24, 2.45) is 0 Å². The number of nitrogens with zero attached hydrogens (tertiary/aromatic N) is 2. The van der Waals surface area contributed by atoms with Crippen LogP contribution in [0.2, 0.25) is 0 Å². The fourth-order valence-corrected chi connectivity index (χ4v) is 2.91. The van der Waals surface area contributed by atoms with Gasteiger partial charge < -0.3 is 10.1 Å². The van der Waals surface area contributed by atoms with Gasteiger partial charge in [0.2, 0.25) is 0 Å². The van der Waals surface area contributed by atoms with E-state index in [-0.39, 0.29) is 5.60 Å². The summed E-state index contributed by atoms with van der Waals surface area (Å²) in [6, 6.07) is 0. The van der Waals surface area contributed by atoms with E-state index in [1.807, 2.05) is 0 Å². The Labute approximate surface area is 100 Å². The van der Waals surface area contributed by atoms with Crippen LogP contribution in [0.1, 0.15) is 36.2 Å². The zero-order valence-electron chi connectivity index (χ0n) is 9.95. The van der Waals surface area contributed by atoms with E-state index in [4.69, 9.17) is 4.74 Å². The molecule has 0 amide bonds. The van der Waals surface area contributed by atoms with Crippen LogP contribution < -0.4 is 5.32 Å². The van der Waals surface area contributed by atoms with E-state index in [9.17, 15) is 0 Å². The second-order valence-corrected chi connectivity index (χ2v) is 5.43. The van der Waals surface area contributed by atoms with Gasteiger partial charge in [0, 0.05) is 20.1 Å².